The molecule has 162 valence electrons. The third-order valence-electron chi connectivity index (χ3n) is 5.31. The van der Waals surface area contributed by atoms with Gasteiger partial charge < -0.3 is 24.4 Å². The first-order chi connectivity index (χ1) is 15.3. The second kappa shape index (κ2) is 10.7. The molecule has 1 aliphatic rings. The molecule has 0 amide bonds. The van der Waals surface area contributed by atoms with E-state index in [1.807, 2.05) is 37.3 Å². The zero-order valence-corrected chi connectivity index (χ0v) is 18.0. The topological polar surface area (TPSA) is 43.0 Å². The maximum Gasteiger partial charge on any atom is 0.166 e. The predicted octanol–water partition coefficient (Wildman–Crippen LogP) is 5.11. The van der Waals surface area contributed by atoms with Crippen LogP contribution >= 0.6 is 0 Å². The van der Waals surface area contributed by atoms with E-state index in [1.54, 1.807) is 0 Å². The molecule has 1 aliphatic heterocycles. The monoisotopic (exact) mass is 418 g/mol. The van der Waals surface area contributed by atoms with Gasteiger partial charge in [0.15, 0.2) is 11.5 Å². The van der Waals surface area contributed by atoms with Crippen LogP contribution in [0.15, 0.2) is 72.8 Å². The molecule has 1 fully saturated rings. The van der Waals surface area contributed by atoms with Gasteiger partial charge in [-0.2, -0.15) is 0 Å². The van der Waals surface area contributed by atoms with E-state index < -0.39 is 0 Å². The van der Waals surface area contributed by atoms with Crippen molar-refractivity contribution in [2.45, 2.75) is 20.1 Å². The van der Waals surface area contributed by atoms with Gasteiger partial charge in [0.2, 0.25) is 0 Å². The molecule has 1 N–H and O–H groups in total. The van der Waals surface area contributed by atoms with Gasteiger partial charge in [0.1, 0.15) is 6.61 Å². The zero-order valence-electron chi connectivity index (χ0n) is 18.0. The van der Waals surface area contributed by atoms with Crippen LogP contribution in [0.1, 0.15) is 18.1 Å². The fourth-order valence-corrected chi connectivity index (χ4v) is 3.67. The van der Waals surface area contributed by atoms with Crippen molar-refractivity contribution in [3.63, 3.8) is 0 Å². The van der Waals surface area contributed by atoms with Gasteiger partial charge in [-0.15, -0.1) is 0 Å². The Labute approximate surface area is 184 Å². The van der Waals surface area contributed by atoms with E-state index in [2.05, 4.69) is 52.7 Å². The third-order valence-corrected chi connectivity index (χ3v) is 5.31. The van der Waals surface area contributed by atoms with E-state index in [0.29, 0.717) is 19.8 Å². The van der Waals surface area contributed by atoms with Crippen molar-refractivity contribution >= 4 is 11.4 Å². The molecule has 5 heteroatoms. The van der Waals surface area contributed by atoms with Gasteiger partial charge >= 0.3 is 0 Å². The largest absolute Gasteiger partial charge is 0.490 e. The van der Waals surface area contributed by atoms with Crippen molar-refractivity contribution < 1.29 is 14.2 Å². The van der Waals surface area contributed by atoms with Crippen LogP contribution in [0.3, 0.4) is 0 Å². The molecule has 0 saturated carbocycles. The summed E-state index contributed by atoms with van der Waals surface area (Å²) in [5.41, 5.74) is 4.51. The Morgan fingerprint density at radius 1 is 0.871 bits per heavy atom. The number of hydrogen-bond acceptors (Lipinski definition) is 5. The first kappa shape index (κ1) is 21.1. The maximum absolute atomic E-state index is 6.21. The van der Waals surface area contributed by atoms with Gasteiger partial charge in [-0.3, -0.25) is 0 Å². The number of para-hydroxylation sites is 1. The second-order valence-corrected chi connectivity index (χ2v) is 7.45. The molecule has 0 spiro atoms. The van der Waals surface area contributed by atoms with Crippen molar-refractivity contribution in [1.29, 1.82) is 0 Å². The Morgan fingerprint density at radius 3 is 2.39 bits per heavy atom. The fourth-order valence-electron chi connectivity index (χ4n) is 3.67. The highest BCUT2D eigenvalue weighted by molar-refractivity contribution is 5.56. The predicted molar refractivity (Wildman–Crippen MR) is 125 cm³/mol. The minimum absolute atomic E-state index is 0.506. The molecule has 1 heterocycles. The Balaban J connectivity index is 1.44. The number of ether oxygens (including phenoxy) is 3. The molecule has 0 aromatic heterocycles. The Bertz CT molecular complexity index is 939. The average Bonchev–Trinajstić information content (AvgIpc) is 2.84. The van der Waals surface area contributed by atoms with Crippen molar-refractivity contribution in [3.8, 4) is 11.5 Å². The normalized spacial score (nSPS) is 13.6. The summed E-state index contributed by atoms with van der Waals surface area (Å²) in [6, 6.07) is 24.8. The number of nitrogens with one attached hydrogen (secondary N) is 1. The summed E-state index contributed by atoms with van der Waals surface area (Å²) in [6.45, 7) is 7.22. The summed E-state index contributed by atoms with van der Waals surface area (Å²) in [4.78, 5) is 2.36. The summed E-state index contributed by atoms with van der Waals surface area (Å²) in [7, 11) is 0. The molecular formula is C26H30N2O3. The Hall–Kier alpha value is -3.18. The van der Waals surface area contributed by atoms with Crippen LogP contribution in [-0.4, -0.2) is 32.9 Å². The molecule has 3 aromatic rings. The highest BCUT2D eigenvalue weighted by Crippen LogP contribution is 2.33. The van der Waals surface area contributed by atoms with Gasteiger partial charge in [0.05, 0.1) is 19.8 Å². The minimum atomic E-state index is 0.506. The standard InChI is InChI=1S/C26H30N2O3/c1-2-30-25-10-6-9-22(26(25)31-20-21-7-4-3-5-8-21)19-27-23-11-13-24(14-12-23)28-15-17-29-18-16-28/h3-14,27H,2,15-20H2,1H3. The van der Waals surface area contributed by atoms with Crippen molar-refractivity contribution in [2.24, 2.45) is 0 Å². The van der Waals surface area contributed by atoms with E-state index in [-0.39, 0.29) is 0 Å². The summed E-state index contributed by atoms with van der Waals surface area (Å²) >= 11 is 0. The molecule has 0 bridgehead atoms. The van der Waals surface area contributed by atoms with Crippen LogP contribution in [0.5, 0.6) is 11.5 Å². The third kappa shape index (κ3) is 5.70. The Kier molecular flexibility index (Phi) is 7.29. The lowest BCUT2D eigenvalue weighted by molar-refractivity contribution is 0.122. The molecule has 31 heavy (non-hydrogen) atoms. The lowest BCUT2D eigenvalue weighted by Crippen LogP contribution is -2.36. The van der Waals surface area contributed by atoms with Crippen LogP contribution in [-0.2, 0) is 17.9 Å². The van der Waals surface area contributed by atoms with Gasteiger partial charge in [0.25, 0.3) is 0 Å². The molecule has 4 rings (SSSR count). The highest BCUT2D eigenvalue weighted by atomic mass is 16.5. The van der Waals surface area contributed by atoms with Gasteiger partial charge in [0, 0.05) is 36.6 Å². The number of rotatable bonds is 9. The number of anilines is 2. The van der Waals surface area contributed by atoms with E-state index >= 15 is 0 Å². The molecule has 0 unspecified atom stereocenters. The van der Waals surface area contributed by atoms with E-state index in [4.69, 9.17) is 14.2 Å². The average molecular weight is 419 g/mol. The number of morpholine rings is 1. The highest BCUT2D eigenvalue weighted by Gasteiger charge is 2.13. The first-order valence-electron chi connectivity index (χ1n) is 10.9. The van der Waals surface area contributed by atoms with Crippen LogP contribution in [0, 0.1) is 0 Å². The zero-order chi connectivity index (χ0) is 21.3. The SMILES string of the molecule is CCOc1cccc(CNc2ccc(N3CCOCC3)cc2)c1OCc1ccccc1. The molecule has 0 radical (unpaired) electrons. The van der Waals surface area contributed by atoms with Crippen molar-refractivity contribution in [3.05, 3.63) is 83.9 Å². The quantitative estimate of drug-likeness (QED) is 0.523. The van der Waals surface area contributed by atoms with Crippen LogP contribution < -0.4 is 19.7 Å². The number of benzene rings is 3. The summed E-state index contributed by atoms with van der Waals surface area (Å²) < 4.78 is 17.5. The maximum atomic E-state index is 6.21. The van der Waals surface area contributed by atoms with E-state index in [1.165, 1.54) is 5.69 Å². The molecular weight excluding hydrogens is 388 g/mol. The summed E-state index contributed by atoms with van der Waals surface area (Å²) in [6.07, 6.45) is 0. The van der Waals surface area contributed by atoms with Crippen LogP contribution in [0.2, 0.25) is 0 Å². The van der Waals surface area contributed by atoms with Gasteiger partial charge in [-0.25, -0.2) is 0 Å². The van der Waals surface area contributed by atoms with Gasteiger partial charge in [-0.1, -0.05) is 42.5 Å². The smallest absolute Gasteiger partial charge is 0.166 e. The molecule has 0 atom stereocenters. The van der Waals surface area contributed by atoms with E-state index in [9.17, 15) is 0 Å². The van der Waals surface area contributed by atoms with Crippen molar-refractivity contribution in [2.75, 3.05) is 43.1 Å². The molecule has 3 aromatic carbocycles. The molecule has 1 saturated heterocycles. The second-order valence-electron chi connectivity index (χ2n) is 7.45. The first-order valence-corrected chi connectivity index (χ1v) is 10.9. The summed E-state index contributed by atoms with van der Waals surface area (Å²) in [5, 5.41) is 3.52. The van der Waals surface area contributed by atoms with Crippen LogP contribution in [0.4, 0.5) is 11.4 Å². The molecule has 0 aliphatic carbocycles. The molecule has 5 nitrogen and oxygen atoms in total. The summed E-state index contributed by atoms with van der Waals surface area (Å²) in [5.74, 6) is 1.58. The Morgan fingerprint density at radius 2 is 1.65 bits per heavy atom. The fraction of sp³-hybridized carbons (Fsp3) is 0.308. The lowest BCUT2D eigenvalue weighted by Gasteiger charge is -2.29. The number of nitrogens with zero attached hydrogens (tertiary/aromatic N) is 1. The minimum Gasteiger partial charge on any atom is -0.490 e. The lowest BCUT2D eigenvalue weighted by atomic mass is 10.1. The van der Waals surface area contributed by atoms with Crippen LogP contribution in [0.25, 0.3) is 0 Å². The van der Waals surface area contributed by atoms with E-state index in [0.717, 1.165) is 54.6 Å². The van der Waals surface area contributed by atoms with Crippen molar-refractivity contribution in [1.82, 2.24) is 0 Å². The van der Waals surface area contributed by atoms with Gasteiger partial charge in [-0.05, 0) is 42.8 Å². The number of hydrogen-bond donors (Lipinski definition) is 1.